The van der Waals surface area contributed by atoms with Gasteiger partial charge in [-0.2, -0.15) is 0 Å². The third kappa shape index (κ3) is 4.58. The number of piperidine rings is 1. The number of hydrazine groups is 1. The molecule has 0 aromatic heterocycles. The number of carbonyl (C=O) groups excluding carboxylic acids is 1. The molecule has 0 unspecified atom stereocenters. The minimum absolute atomic E-state index is 0.0948. The van der Waals surface area contributed by atoms with Gasteiger partial charge in [-0.3, -0.25) is 4.79 Å². The first-order valence-electron chi connectivity index (χ1n) is 5.58. The maximum atomic E-state index is 11.2. The van der Waals surface area contributed by atoms with Crippen molar-refractivity contribution in [1.29, 1.82) is 0 Å². The molecular formula is C10H21N3O. The van der Waals surface area contributed by atoms with Crippen LogP contribution in [0.15, 0.2) is 0 Å². The van der Waals surface area contributed by atoms with Crippen LogP contribution < -0.4 is 10.7 Å². The third-order valence-corrected chi connectivity index (χ3v) is 2.39. The number of amides is 1. The zero-order chi connectivity index (χ0) is 10.2. The summed E-state index contributed by atoms with van der Waals surface area (Å²) in [5, 5.41) is 4.99. The van der Waals surface area contributed by atoms with Crippen LogP contribution in [-0.2, 0) is 4.79 Å². The van der Waals surface area contributed by atoms with Crippen molar-refractivity contribution in [2.24, 2.45) is 0 Å². The van der Waals surface area contributed by atoms with E-state index in [2.05, 4.69) is 22.7 Å². The van der Waals surface area contributed by atoms with Gasteiger partial charge in [-0.15, -0.1) is 0 Å². The van der Waals surface area contributed by atoms with Crippen molar-refractivity contribution < 1.29 is 4.79 Å². The van der Waals surface area contributed by atoms with Crippen molar-refractivity contribution in [2.75, 3.05) is 26.2 Å². The number of nitrogens with zero attached hydrogens (tertiary/aromatic N) is 1. The van der Waals surface area contributed by atoms with Crippen LogP contribution in [0.5, 0.6) is 0 Å². The Labute approximate surface area is 86.0 Å². The lowest BCUT2D eigenvalue weighted by atomic mass is 10.2. The van der Waals surface area contributed by atoms with Gasteiger partial charge in [-0.25, -0.2) is 10.4 Å². The molecule has 1 aliphatic heterocycles. The third-order valence-electron chi connectivity index (χ3n) is 2.39. The van der Waals surface area contributed by atoms with E-state index < -0.39 is 0 Å². The van der Waals surface area contributed by atoms with E-state index in [0.717, 1.165) is 26.1 Å². The second-order valence-electron chi connectivity index (χ2n) is 3.73. The molecule has 0 atom stereocenters. The molecule has 0 radical (unpaired) electrons. The monoisotopic (exact) mass is 199 g/mol. The number of carbonyl (C=O) groups is 1. The van der Waals surface area contributed by atoms with Crippen LogP contribution >= 0.6 is 0 Å². The van der Waals surface area contributed by atoms with Gasteiger partial charge < -0.3 is 5.32 Å². The predicted molar refractivity (Wildman–Crippen MR) is 56.7 cm³/mol. The Morgan fingerprint density at radius 2 is 2.00 bits per heavy atom. The van der Waals surface area contributed by atoms with E-state index in [9.17, 15) is 4.79 Å². The lowest BCUT2D eigenvalue weighted by Gasteiger charge is -2.26. The lowest BCUT2D eigenvalue weighted by Crippen LogP contribution is -2.46. The molecule has 1 rings (SSSR count). The highest BCUT2D eigenvalue weighted by atomic mass is 16.2. The van der Waals surface area contributed by atoms with Crippen molar-refractivity contribution in [2.45, 2.75) is 32.6 Å². The number of rotatable bonds is 5. The molecule has 1 saturated heterocycles. The summed E-state index contributed by atoms with van der Waals surface area (Å²) in [6.07, 6.45) is 4.79. The molecule has 14 heavy (non-hydrogen) atoms. The van der Waals surface area contributed by atoms with Gasteiger partial charge in [0, 0.05) is 19.6 Å². The summed E-state index contributed by atoms with van der Waals surface area (Å²) in [6, 6.07) is 0. The highest BCUT2D eigenvalue weighted by molar-refractivity contribution is 5.77. The molecular weight excluding hydrogens is 178 g/mol. The summed E-state index contributed by atoms with van der Waals surface area (Å²) in [5.74, 6) is 0.0948. The highest BCUT2D eigenvalue weighted by Crippen LogP contribution is 2.05. The fourth-order valence-corrected chi connectivity index (χ4v) is 1.56. The maximum Gasteiger partial charge on any atom is 0.235 e. The molecule has 2 N–H and O–H groups in total. The van der Waals surface area contributed by atoms with E-state index in [1.54, 1.807) is 0 Å². The maximum absolute atomic E-state index is 11.2. The Morgan fingerprint density at radius 3 is 2.64 bits per heavy atom. The van der Waals surface area contributed by atoms with E-state index >= 15 is 0 Å². The van der Waals surface area contributed by atoms with Crippen molar-refractivity contribution in [3.8, 4) is 0 Å². The van der Waals surface area contributed by atoms with Crippen molar-refractivity contribution in [3.63, 3.8) is 0 Å². The molecule has 1 heterocycles. The number of hydrogen-bond acceptors (Lipinski definition) is 3. The summed E-state index contributed by atoms with van der Waals surface area (Å²) in [4.78, 5) is 11.2. The highest BCUT2D eigenvalue weighted by Gasteiger charge is 2.10. The summed E-state index contributed by atoms with van der Waals surface area (Å²) in [6.45, 7) is 5.39. The fourth-order valence-electron chi connectivity index (χ4n) is 1.56. The van der Waals surface area contributed by atoms with Crippen LogP contribution in [0, 0.1) is 0 Å². The lowest BCUT2D eigenvalue weighted by molar-refractivity contribution is -0.121. The van der Waals surface area contributed by atoms with Gasteiger partial charge >= 0.3 is 0 Å². The summed E-state index contributed by atoms with van der Waals surface area (Å²) < 4.78 is 0. The van der Waals surface area contributed by atoms with Gasteiger partial charge in [0.15, 0.2) is 0 Å². The first-order valence-corrected chi connectivity index (χ1v) is 5.58. The van der Waals surface area contributed by atoms with Gasteiger partial charge in [-0.1, -0.05) is 13.3 Å². The first kappa shape index (κ1) is 11.5. The standard InChI is InChI=1S/C10H21N3O/c1-2-6-11-10(14)9-12-13-7-4-3-5-8-13/h12H,2-9H2,1H3,(H,11,14). The van der Waals surface area contributed by atoms with Gasteiger partial charge in [0.1, 0.15) is 0 Å². The SMILES string of the molecule is CCCNC(=O)CNN1CCCCC1. The topological polar surface area (TPSA) is 44.4 Å². The normalized spacial score (nSPS) is 18.1. The van der Waals surface area contributed by atoms with Gasteiger partial charge in [0.25, 0.3) is 0 Å². The molecule has 1 amide bonds. The number of nitrogens with one attached hydrogen (secondary N) is 2. The predicted octanol–water partition coefficient (Wildman–Crippen LogP) is 0.503. The Balaban J connectivity index is 2.03. The minimum Gasteiger partial charge on any atom is -0.355 e. The van der Waals surface area contributed by atoms with Gasteiger partial charge in [0.2, 0.25) is 5.91 Å². The smallest absolute Gasteiger partial charge is 0.235 e. The zero-order valence-corrected chi connectivity index (χ0v) is 9.01. The van der Waals surface area contributed by atoms with Crippen LogP contribution in [0.25, 0.3) is 0 Å². The second-order valence-corrected chi connectivity index (χ2v) is 3.73. The number of hydrogen-bond donors (Lipinski definition) is 2. The zero-order valence-electron chi connectivity index (χ0n) is 9.01. The van der Waals surface area contributed by atoms with E-state index in [-0.39, 0.29) is 5.91 Å². The largest absolute Gasteiger partial charge is 0.355 e. The Bertz CT molecular complexity index is 167. The Kier molecular flexibility index (Phi) is 5.56. The van der Waals surface area contributed by atoms with E-state index in [0.29, 0.717) is 6.54 Å². The molecule has 4 nitrogen and oxygen atoms in total. The first-order chi connectivity index (χ1) is 6.83. The second kappa shape index (κ2) is 6.79. The molecule has 0 aliphatic carbocycles. The molecule has 1 aliphatic rings. The van der Waals surface area contributed by atoms with Crippen molar-refractivity contribution in [1.82, 2.24) is 15.8 Å². The van der Waals surface area contributed by atoms with E-state index in [1.165, 1.54) is 19.3 Å². The molecule has 0 saturated carbocycles. The van der Waals surface area contributed by atoms with Crippen LogP contribution in [0.3, 0.4) is 0 Å². The van der Waals surface area contributed by atoms with Crippen molar-refractivity contribution in [3.05, 3.63) is 0 Å². The molecule has 0 aromatic carbocycles. The molecule has 0 aromatic rings. The van der Waals surface area contributed by atoms with Crippen molar-refractivity contribution >= 4 is 5.91 Å². The van der Waals surface area contributed by atoms with Gasteiger partial charge in [-0.05, 0) is 19.3 Å². The van der Waals surface area contributed by atoms with E-state index in [4.69, 9.17) is 0 Å². The Morgan fingerprint density at radius 1 is 1.29 bits per heavy atom. The van der Waals surface area contributed by atoms with Crippen LogP contribution in [0.2, 0.25) is 0 Å². The minimum atomic E-state index is 0.0948. The van der Waals surface area contributed by atoms with Crippen LogP contribution in [0.4, 0.5) is 0 Å². The molecule has 0 spiro atoms. The van der Waals surface area contributed by atoms with Gasteiger partial charge in [0.05, 0.1) is 6.54 Å². The summed E-state index contributed by atoms with van der Waals surface area (Å²) in [5.41, 5.74) is 3.15. The van der Waals surface area contributed by atoms with Crippen LogP contribution in [0.1, 0.15) is 32.6 Å². The molecule has 4 heteroatoms. The quantitative estimate of drug-likeness (QED) is 0.678. The average Bonchev–Trinajstić information content (AvgIpc) is 2.25. The molecule has 82 valence electrons. The van der Waals surface area contributed by atoms with Crippen LogP contribution in [-0.4, -0.2) is 37.1 Å². The summed E-state index contributed by atoms with van der Waals surface area (Å²) >= 11 is 0. The fraction of sp³-hybridized carbons (Fsp3) is 0.900. The molecule has 1 fully saturated rings. The molecule has 0 bridgehead atoms. The average molecular weight is 199 g/mol. The van der Waals surface area contributed by atoms with E-state index in [1.807, 2.05) is 0 Å². The summed E-state index contributed by atoms with van der Waals surface area (Å²) in [7, 11) is 0. The Hall–Kier alpha value is -0.610.